The number of rotatable bonds is 6. The molecule has 1 aliphatic rings. The van der Waals surface area contributed by atoms with E-state index in [9.17, 15) is 19.7 Å². The Labute approximate surface area is 174 Å². The number of thiazole rings is 1. The van der Waals surface area contributed by atoms with Crippen molar-refractivity contribution in [3.63, 3.8) is 0 Å². The van der Waals surface area contributed by atoms with Gasteiger partial charge in [0.1, 0.15) is 11.5 Å². The normalized spacial score (nSPS) is 12.7. The molecule has 1 aliphatic carbocycles. The number of carbonyl (C=O) groups excluding carboxylic acids is 2. The third-order valence-corrected chi connectivity index (χ3v) is 5.61. The molecular formula is C20H15N3O6S. The number of fused-ring (bicyclic) bond motifs is 2. The predicted molar refractivity (Wildman–Crippen MR) is 111 cm³/mol. The van der Waals surface area contributed by atoms with Crippen molar-refractivity contribution in [3.05, 3.63) is 63.2 Å². The average molecular weight is 425 g/mol. The maximum absolute atomic E-state index is 12.4. The van der Waals surface area contributed by atoms with Crippen molar-refractivity contribution < 1.29 is 24.0 Å². The zero-order valence-electron chi connectivity index (χ0n) is 15.9. The molecule has 0 fully saturated rings. The van der Waals surface area contributed by atoms with Crippen LogP contribution in [0.1, 0.15) is 26.3 Å². The fourth-order valence-electron chi connectivity index (χ4n) is 3.29. The number of allylic oxidation sites excluding steroid dienone is 2. The van der Waals surface area contributed by atoms with Gasteiger partial charge in [0.2, 0.25) is 0 Å². The number of non-ortho nitro benzene ring substituents is 1. The maximum atomic E-state index is 12.4. The first kappa shape index (κ1) is 19.5. The van der Waals surface area contributed by atoms with Gasteiger partial charge in [-0.2, -0.15) is 0 Å². The molecule has 4 rings (SSSR count). The monoisotopic (exact) mass is 425 g/mol. The molecule has 0 amide bonds. The molecule has 1 aromatic heterocycles. The van der Waals surface area contributed by atoms with Crippen LogP contribution in [0.3, 0.4) is 0 Å². The van der Waals surface area contributed by atoms with E-state index < -0.39 is 4.92 Å². The summed E-state index contributed by atoms with van der Waals surface area (Å²) in [5.41, 5.74) is 1.58. The van der Waals surface area contributed by atoms with Gasteiger partial charge in [0.15, 0.2) is 16.7 Å². The molecule has 0 saturated carbocycles. The Bertz CT molecular complexity index is 1250. The van der Waals surface area contributed by atoms with Crippen LogP contribution in [-0.2, 0) is 6.54 Å². The SMILES string of the molecule is COc1cc(CNc2nc3ccc([N+](=O)[O-])cc3s2)c(OC)c2c1C(=O)C=CC2=O. The molecule has 3 aromatic rings. The topological polar surface area (TPSA) is 121 Å². The number of aromatic nitrogens is 1. The first-order valence-corrected chi connectivity index (χ1v) is 9.58. The van der Waals surface area contributed by atoms with Gasteiger partial charge in [0.05, 0.1) is 40.5 Å². The van der Waals surface area contributed by atoms with Gasteiger partial charge in [-0.15, -0.1) is 0 Å². The van der Waals surface area contributed by atoms with Gasteiger partial charge in [-0.3, -0.25) is 19.7 Å². The van der Waals surface area contributed by atoms with Crippen molar-refractivity contribution in [2.75, 3.05) is 19.5 Å². The molecule has 0 radical (unpaired) electrons. The van der Waals surface area contributed by atoms with Crippen molar-refractivity contribution in [2.24, 2.45) is 0 Å². The second kappa shape index (κ2) is 7.56. The highest BCUT2D eigenvalue weighted by Crippen LogP contribution is 2.38. The zero-order valence-corrected chi connectivity index (χ0v) is 16.7. The molecular weight excluding hydrogens is 410 g/mol. The van der Waals surface area contributed by atoms with Crippen LogP contribution >= 0.6 is 11.3 Å². The zero-order chi connectivity index (χ0) is 21.4. The molecule has 9 nitrogen and oxygen atoms in total. The number of anilines is 1. The van der Waals surface area contributed by atoms with Gasteiger partial charge in [0.25, 0.3) is 5.69 Å². The predicted octanol–water partition coefficient (Wildman–Crippen LogP) is 3.77. The molecule has 1 heterocycles. The van der Waals surface area contributed by atoms with Crippen molar-refractivity contribution in [3.8, 4) is 11.5 Å². The summed E-state index contributed by atoms with van der Waals surface area (Å²) >= 11 is 1.27. The van der Waals surface area contributed by atoms with Crippen molar-refractivity contribution >= 4 is 43.9 Å². The number of nitrogens with zero attached hydrogens (tertiary/aromatic N) is 2. The number of hydrogen-bond acceptors (Lipinski definition) is 9. The van der Waals surface area contributed by atoms with Gasteiger partial charge in [-0.25, -0.2) is 4.98 Å². The third kappa shape index (κ3) is 3.26. The smallest absolute Gasteiger partial charge is 0.270 e. The number of ketones is 2. The minimum atomic E-state index is -0.455. The standard InChI is InChI=1S/C20H15N3O6S/c1-28-15-7-10(19(29-2)18-14(25)6-5-13(24)17(15)18)9-21-20-22-12-4-3-11(23(26)27)8-16(12)30-20/h3-8H,9H2,1-2H3,(H,21,22). The summed E-state index contributed by atoms with van der Waals surface area (Å²) in [5.74, 6) is -0.0936. The van der Waals surface area contributed by atoms with Crippen LogP contribution in [0.5, 0.6) is 11.5 Å². The van der Waals surface area contributed by atoms with Gasteiger partial charge in [-0.05, 0) is 24.3 Å². The lowest BCUT2D eigenvalue weighted by Crippen LogP contribution is -2.17. The highest BCUT2D eigenvalue weighted by molar-refractivity contribution is 7.22. The Morgan fingerprint density at radius 1 is 1.10 bits per heavy atom. The van der Waals surface area contributed by atoms with Crippen LogP contribution in [0.4, 0.5) is 10.8 Å². The second-order valence-electron chi connectivity index (χ2n) is 6.36. The molecule has 10 heteroatoms. The minimum Gasteiger partial charge on any atom is -0.496 e. The summed E-state index contributed by atoms with van der Waals surface area (Å²) in [6.45, 7) is 0.236. The highest BCUT2D eigenvalue weighted by atomic mass is 32.1. The molecule has 2 aromatic carbocycles. The summed E-state index contributed by atoms with van der Waals surface area (Å²) in [6.07, 6.45) is 2.43. The van der Waals surface area contributed by atoms with Crippen LogP contribution in [-0.4, -0.2) is 35.7 Å². The van der Waals surface area contributed by atoms with E-state index in [4.69, 9.17) is 9.47 Å². The third-order valence-electron chi connectivity index (χ3n) is 4.64. The van der Waals surface area contributed by atoms with Crippen molar-refractivity contribution in [1.29, 1.82) is 0 Å². The number of carbonyl (C=O) groups is 2. The van der Waals surface area contributed by atoms with E-state index in [1.807, 2.05) is 0 Å². The summed E-state index contributed by atoms with van der Waals surface area (Å²) in [6, 6.07) is 6.11. The maximum Gasteiger partial charge on any atom is 0.270 e. The number of nitrogens with one attached hydrogen (secondary N) is 1. The number of nitro benzene ring substituents is 1. The fraction of sp³-hybridized carbons (Fsp3) is 0.150. The molecule has 152 valence electrons. The van der Waals surface area contributed by atoms with Crippen molar-refractivity contribution in [1.82, 2.24) is 4.98 Å². The Morgan fingerprint density at radius 3 is 2.50 bits per heavy atom. The molecule has 0 saturated heterocycles. The summed E-state index contributed by atoms with van der Waals surface area (Å²) in [7, 11) is 2.86. The second-order valence-corrected chi connectivity index (χ2v) is 7.40. The first-order valence-electron chi connectivity index (χ1n) is 8.76. The lowest BCUT2D eigenvalue weighted by atomic mass is 9.90. The van der Waals surface area contributed by atoms with E-state index in [0.717, 1.165) is 0 Å². The quantitative estimate of drug-likeness (QED) is 0.468. The van der Waals surface area contributed by atoms with E-state index in [0.29, 0.717) is 20.9 Å². The van der Waals surface area contributed by atoms with Crippen LogP contribution in [0.25, 0.3) is 10.2 Å². The lowest BCUT2D eigenvalue weighted by molar-refractivity contribution is -0.384. The average Bonchev–Trinajstić information content (AvgIpc) is 3.15. The molecule has 0 bridgehead atoms. The van der Waals surface area contributed by atoms with Crippen molar-refractivity contribution in [2.45, 2.75) is 6.54 Å². The number of methoxy groups -OCH3 is 2. The Kier molecular flexibility index (Phi) is 4.92. The van der Waals surface area contributed by atoms with Gasteiger partial charge >= 0.3 is 0 Å². The summed E-state index contributed by atoms with van der Waals surface area (Å²) in [4.78, 5) is 39.7. The van der Waals surface area contributed by atoms with E-state index in [2.05, 4.69) is 10.3 Å². The van der Waals surface area contributed by atoms with Gasteiger partial charge in [-0.1, -0.05) is 11.3 Å². The Morgan fingerprint density at radius 2 is 1.83 bits per heavy atom. The van der Waals surface area contributed by atoms with E-state index >= 15 is 0 Å². The largest absolute Gasteiger partial charge is 0.496 e. The molecule has 0 unspecified atom stereocenters. The Hall–Kier alpha value is -3.79. The number of nitro groups is 1. The van der Waals surface area contributed by atoms with Crippen LogP contribution < -0.4 is 14.8 Å². The van der Waals surface area contributed by atoms with Crippen LogP contribution in [0.2, 0.25) is 0 Å². The summed E-state index contributed by atoms with van der Waals surface area (Å²) < 4.78 is 11.5. The number of benzene rings is 2. The molecule has 0 atom stereocenters. The summed E-state index contributed by atoms with van der Waals surface area (Å²) in [5, 5.41) is 14.6. The molecule has 30 heavy (non-hydrogen) atoms. The Balaban J connectivity index is 1.69. The van der Waals surface area contributed by atoms with Gasteiger partial charge in [0, 0.05) is 24.2 Å². The van der Waals surface area contributed by atoms with Gasteiger partial charge < -0.3 is 14.8 Å². The minimum absolute atomic E-state index is 0.00460. The van der Waals surface area contributed by atoms with E-state index in [-0.39, 0.29) is 46.4 Å². The number of hydrogen-bond donors (Lipinski definition) is 1. The molecule has 1 N–H and O–H groups in total. The van der Waals surface area contributed by atoms with Crippen LogP contribution in [0, 0.1) is 10.1 Å². The van der Waals surface area contributed by atoms with E-state index in [1.54, 1.807) is 12.1 Å². The van der Waals surface area contributed by atoms with E-state index in [1.165, 1.54) is 49.8 Å². The lowest BCUT2D eigenvalue weighted by Gasteiger charge is -2.20. The molecule has 0 spiro atoms. The number of ether oxygens (including phenoxy) is 2. The molecule has 0 aliphatic heterocycles. The fourth-order valence-corrected chi connectivity index (χ4v) is 4.18. The highest BCUT2D eigenvalue weighted by Gasteiger charge is 2.29. The first-order chi connectivity index (χ1) is 14.4. The van der Waals surface area contributed by atoms with Crippen LogP contribution in [0.15, 0.2) is 36.4 Å².